The van der Waals surface area contributed by atoms with E-state index in [0.29, 0.717) is 0 Å². The van der Waals surface area contributed by atoms with Crippen molar-refractivity contribution in [3.63, 3.8) is 0 Å². The number of nitrogens with zero attached hydrogens (tertiary/aromatic N) is 1. The third kappa shape index (κ3) is 1.83. The number of hydrogen-bond donors (Lipinski definition) is 0. The molecule has 1 aromatic rings. The van der Waals surface area contributed by atoms with Gasteiger partial charge in [-0.05, 0) is 34.7 Å². The average molecular weight is 185 g/mol. The lowest BCUT2D eigenvalue weighted by Crippen LogP contribution is -2.01. The minimum Gasteiger partial charge on any atom is -0.244 e. The summed E-state index contributed by atoms with van der Waals surface area (Å²) >= 11 is 0. The topological polar surface area (TPSA) is 12.9 Å². The maximum atomic E-state index is 4.29. The van der Waals surface area contributed by atoms with Gasteiger partial charge in [0.1, 0.15) is 0 Å². The summed E-state index contributed by atoms with van der Waals surface area (Å²) in [6, 6.07) is 0. The van der Waals surface area contributed by atoms with E-state index in [2.05, 4.69) is 10.9 Å². The fourth-order valence-corrected chi connectivity index (χ4v) is 4.25. The molecule has 0 aliphatic heterocycles. The van der Waals surface area contributed by atoms with E-state index in [1.807, 2.05) is 0 Å². The lowest BCUT2D eigenvalue weighted by molar-refractivity contribution is 0.448. The molecule has 0 spiro atoms. The minimum atomic E-state index is 0.818. The van der Waals surface area contributed by atoms with E-state index < -0.39 is 0 Å². The van der Waals surface area contributed by atoms with Crippen molar-refractivity contribution < 1.29 is 0 Å². The minimum absolute atomic E-state index is 0.818. The molecule has 2 rings (SSSR count). The summed E-state index contributed by atoms with van der Waals surface area (Å²) < 4.78 is 4.29. The molecule has 60 valence electrons. The summed E-state index contributed by atoms with van der Waals surface area (Å²) in [6.07, 6.45) is 9.34. The predicted octanol–water partition coefficient (Wildman–Crippen LogP) is 3.74. The van der Waals surface area contributed by atoms with E-state index in [1.54, 1.807) is 5.30 Å². The van der Waals surface area contributed by atoms with Crippen molar-refractivity contribution in [2.75, 3.05) is 0 Å². The Morgan fingerprint density at radius 3 is 2.82 bits per heavy atom. The highest BCUT2D eigenvalue weighted by Gasteiger charge is 2.15. The second-order valence-electron chi connectivity index (χ2n) is 3.23. The molecule has 11 heavy (non-hydrogen) atoms. The molecule has 0 amide bonds. The zero-order valence-electron chi connectivity index (χ0n) is 6.58. The lowest BCUT2D eigenvalue weighted by Gasteiger charge is -2.19. The maximum absolute atomic E-state index is 4.29. The standard InChI is InChI=1S/C8H13NP2/c1-2-4-7(5-3-1)8-6-9-11-10-8/h6-7,11H,1-5H2. The van der Waals surface area contributed by atoms with E-state index in [9.17, 15) is 0 Å². The molecule has 1 aliphatic rings. The molecule has 0 aromatic carbocycles. The van der Waals surface area contributed by atoms with Gasteiger partial charge in [-0.15, -0.1) is 0 Å². The van der Waals surface area contributed by atoms with Crippen LogP contribution in [0, 0.1) is 0 Å². The highest BCUT2D eigenvalue weighted by molar-refractivity contribution is 7.89. The Morgan fingerprint density at radius 2 is 2.18 bits per heavy atom. The summed E-state index contributed by atoms with van der Waals surface area (Å²) in [5.74, 6) is 0.907. The predicted molar refractivity (Wildman–Crippen MR) is 52.1 cm³/mol. The summed E-state index contributed by atoms with van der Waals surface area (Å²) in [5, 5.41) is 1.63. The highest BCUT2D eigenvalue weighted by atomic mass is 31.8. The molecule has 0 saturated heterocycles. The molecular formula is C8H13NP2. The summed E-state index contributed by atoms with van der Waals surface area (Å²) in [7, 11) is 2.33. The van der Waals surface area contributed by atoms with Crippen LogP contribution in [0.3, 0.4) is 0 Å². The third-order valence-corrected chi connectivity index (χ3v) is 4.96. The van der Waals surface area contributed by atoms with Crippen LogP contribution in [0.1, 0.15) is 43.3 Å². The van der Waals surface area contributed by atoms with Gasteiger partial charge in [0.05, 0.1) is 0 Å². The van der Waals surface area contributed by atoms with Gasteiger partial charge in [-0.3, -0.25) is 0 Å². The van der Waals surface area contributed by atoms with Crippen molar-refractivity contribution in [1.82, 2.24) is 4.75 Å². The SMILES string of the molecule is c1n[pH]pc1C1CCCCC1. The first-order valence-electron chi connectivity index (χ1n) is 4.32. The second kappa shape index (κ2) is 3.70. The molecule has 1 atom stereocenters. The Labute approximate surface area is 70.8 Å². The van der Waals surface area contributed by atoms with Crippen LogP contribution in [0.2, 0.25) is 0 Å². The quantitative estimate of drug-likeness (QED) is 0.649. The van der Waals surface area contributed by atoms with Gasteiger partial charge in [-0.25, -0.2) is 4.75 Å². The van der Waals surface area contributed by atoms with Crippen LogP contribution in [-0.4, -0.2) is 4.75 Å². The van der Waals surface area contributed by atoms with Crippen molar-refractivity contribution in [3.8, 4) is 0 Å². The molecule has 0 N–H and O–H groups in total. The van der Waals surface area contributed by atoms with Gasteiger partial charge in [0, 0.05) is 11.5 Å². The summed E-state index contributed by atoms with van der Waals surface area (Å²) in [6.45, 7) is 0. The monoisotopic (exact) mass is 185 g/mol. The summed E-state index contributed by atoms with van der Waals surface area (Å²) in [4.78, 5) is 0. The Hall–Kier alpha value is 0.140. The van der Waals surface area contributed by atoms with Crippen LogP contribution in [0.4, 0.5) is 0 Å². The van der Waals surface area contributed by atoms with Crippen LogP contribution in [-0.2, 0) is 0 Å². The van der Waals surface area contributed by atoms with Crippen molar-refractivity contribution in [2.24, 2.45) is 0 Å². The molecule has 1 fully saturated rings. The fourth-order valence-electron chi connectivity index (χ4n) is 1.81. The molecule has 1 saturated carbocycles. The largest absolute Gasteiger partial charge is 0.244 e. The summed E-state index contributed by atoms with van der Waals surface area (Å²) in [5.41, 5.74) is 0. The van der Waals surface area contributed by atoms with Crippen molar-refractivity contribution in [3.05, 3.63) is 11.5 Å². The van der Waals surface area contributed by atoms with Gasteiger partial charge in [-0.1, -0.05) is 19.3 Å². The first-order chi connectivity index (χ1) is 5.47. The second-order valence-corrected chi connectivity index (χ2v) is 5.70. The first kappa shape index (κ1) is 7.77. The van der Waals surface area contributed by atoms with Gasteiger partial charge in [0.2, 0.25) is 0 Å². The zero-order chi connectivity index (χ0) is 7.52. The Kier molecular flexibility index (Phi) is 2.61. The average Bonchev–Trinajstić information content (AvgIpc) is 2.58. The Balaban J connectivity index is 2.04. The lowest BCUT2D eigenvalue weighted by atomic mass is 9.89. The van der Waals surface area contributed by atoms with Crippen LogP contribution < -0.4 is 0 Å². The van der Waals surface area contributed by atoms with Crippen LogP contribution >= 0.6 is 15.9 Å². The van der Waals surface area contributed by atoms with Gasteiger partial charge in [0.25, 0.3) is 0 Å². The fraction of sp³-hybridized carbons (Fsp3) is 0.750. The van der Waals surface area contributed by atoms with Crippen LogP contribution in [0.5, 0.6) is 0 Å². The molecule has 0 radical (unpaired) electrons. The Bertz CT molecular complexity index is 202. The molecular weight excluding hydrogens is 172 g/mol. The third-order valence-electron chi connectivity index (χ3n) is 2.46. The Morgan fingerprint density at radius 1 is 1.36 bits per heavy atom. The molecule has 1 nitrogen and oxygen atoms in total. The zero-order valence-corrected chi connectivity index (χ0v) is 8.48. The van der Waals surface area contributed by atoms with E-state index in [4.69, 9.17) is 0 Å². The van der Waals surface area contributed by atoms with E-state index in [0.717, 1.165) is 13.9 Å². The molecule has 1 unspecified atom stereocenters. The molecule has 1 heterocycles. The number of aromatic nitrogens is 1. The van der Waals surface area contributed by atoms with E-state index in [1.165, 1.54) is 40.0 Å². The molecule has 3 heteroatoms. The van der Waals surface area contributed by atoms with Crippen LogP contribution in [0.25, 0.3) is 0 Å². The number of rotatable bonds is 1. The molecule has 1 aliphatic carbocycles. The van der Waals surface area contributed by atoms with Gasteiger partial charge >= 0.3 is 0 Å². The normalized spacial score (nSPS) is 21.8. The molecule has 0 bridgehead atoms. The van der Waals surface area contributed by atoms with E-state index >= 15 is 0 Å². The van der Waals surface area contributed by atoms with Crippen molar-refractivity contribution in [1.29, 1.82) is 0 Å². The smallest absolute Gasteiger partial charge is 0.0394 e. The van der Waals surface area contributed by atoms with Crippen LogP contribution in [0.15, 0.2) is 6.20 Å². The van der Waals surface area contributed by atoms with Crippen molar-refractivity contribution in [2.45, 2.75) is 38.0 Å². The van der Waals surface area contributed by atoms with Gasteiger partial charge in [-0.2, -0.15) is 0 Å². The van der Waals surface area contributed by atoms with E-state index in [-0.39, 0.29) is 0 Å². The van der Waals surface area contributed by atoms with Gasteiger partial charge < -0.3 is 0 Å². The van der Waals surface area contributed by atoms with Crippen molar-refractivity contribution >= 4 is 15.9 Å². The first-order valence-corrected chi connectivity index (χ1v) is 7.01. The maximum Gasteiger partial charge on any atom is 0.0394 e. The highest BCUT2D eigenvalue weighted by Crippen LogP contribution is 2.38. The molecule has 1 aromatic heterocycles. The number of hydrogen-bond acceptors (Lipinski definition) is 1. The van der Waals surface area contributed by atoms with Gasteiger partial charge in [0.15, 0.2) is 0 Å².